The van der Waals surface area contributed by atoms with Gasteiger partial charge in [-0.2, -0.15) is 0 Å². The maximum Gasteiger partial charge on any atom is 0.169 e. The molecular weight excluding hydrogens is 264 g/mol. The van der Waals surface area contributed by atoms with E-state index in [1.807, 2.05) is 18.2 Å². The van der Waals surface area contributed by atoms with E-state index in [1.165, 1.54) is 0 Å². The van der Waals surface area contributed by atoms with Gasteiger partial charge in [0.2, 0.25) is 0 Å². The molecule has 3 heteroatoms. The normalized spacial score (nSPS) is 20.1. The van der Waals surface area contributed by atoms with Crippen LogP contribution in [0.15, 0.2) is 18.2 Å². The van der Waals surface area contributed by atoms with Gasteiger partial charge in [0.05, 0.1) is 6.61 Å². The fourth-order valence-electron chi connectivity index (χ4n) is 3.42. The van der Waals surface area contributed by atoms with Crippen LogP contribution in [-0.4, -0.2) is 18.2 Å². The van der Waals surface area contributed by atoms with Crippen molar-refractivity contribution in [1.82, 2.24) is 0 Å². The van der Waals surface area contributed by atoms with Crippen LogP contribution in [0.3, 0.4) is 0 Å². The zero-order valence-corrected chi connectivity index (χ0v) is 12.8. The van der Waals surface area contributed by atoms with Crippen molar-refractivity contribution in [2.75, 3.05) is 6.61 Å². The molecule has 0 heterocycles. The molecule has 1 spiro atoms. The Balaban J connectivity index is 1.81. The second-order valence-electron chi connectivity index (χ2n) is 6.85. The van der Waals surface area contributed by atoms with Crippen molar-refractivity contribution >= 4 is 11.6 Å². The number of hydrogen-bond donors (Lipinski definition) is 0. The summed E-state index contributed by atoms with van der Waals surface area (Å²) >= 11 is 0. The fraction of sp³-hybridized carbons (Fsp3) is 0.556. The van der Waals surface area contributed by atoms with Gasteiger partial charge in [-0.1, -0.05) is 19.9 Å². The fourth-order valence-corrected chi connectivity index (χ4v) is 3.42. The molecule has 0 saturated heterocycles. The van der Waals surface area contributed by atoms with Crippen molar-refractivity contribution < 1.29 is 14.3 Å². The average Bonchev–Trinajstić information content (AvgIpc) is 2.73. The molecule has 0 unspecified atom stereocenters. The molecule has 0 bridgehead atoms. The van der Waals surface area contributed by atoms with Crippen LogP contribution in [0.2, 0.25) is 0 Å². The van der Waals surface area contributed by atoms with Gasteiger partial charge in [0.1, 0.15) is 11.5 Å². The van der Waals surface area contributed by atoms with E-state index in [2.05, 4.69) is 13.8 Å². The molecular formula is C18H22O3. The predicted molar refractivity (Wildman–Crippen MR) is 80.7 cm³/mol. The van der Waals surface area contributed by atoms with Gasteiger partial charge >= 0.3 is 0 Å². The Bertz CT molecular complexity index is 576. The lowest BCUT2D eigenvalue weighted by molar-refractivity contribution is -0.121. The molecule has 1 saturated carbocycles. The van der Waals surface area contributed by atoms with Crippen LogP contribution in [0, 0.1) is 11.3 Å². The van der Waals surface area contributed by atoms with Gasteiger partial charge in [0, 0.05) is 23.8 Å². The standard InChI is InChI=1S/C18H22O3/c1-12(2)11-21-15-4-3-13-10-18(17(20)16(13)9-15)7-5-14(19)6-8-18/h3-4,9,12H,5-8,10-11H2,1-2H3. The Morgan fingerprint density at radius 3 is 2.57 bits per heavy atom. The van der Waals surface area contributed by atoms with E-state index in [9.17, 15) is 9.59 Å². The molecule has 3 nitrogen and oxygen atoms in total. The zero-order valence-electron chi connectivity index (χ0n) is 12.8. The Morgan fingerprint density at radius 1 is 1.19 bits per heavy atom. The highest BCUT2D eigenvalue weighted by molar-refractivity contribution is 6.06. The summed E-state index contributed by atoms with van der Waals surface area (Å²) in [5, 5.41) is 0. The minimum absolute atomic E-state index is 0.222. The van der Waals surface area contributed by atoms with Crippen LogP contribution in [0.1, 0.15) is 55.5 Å². The van der Waals surface area contributed by atoms with E-state index < -0.39 is 0 Å². The first-order chi connectivity index (χ1) is 10.00. The third kappa shape index (κ3) is 2.61. The van der Waals surface area contributed by atoms with Gasteiger partial charge in [-0.3, -0.25) is 9.59 Å². The van der Waals surface area contributed by atoms with Crippen LogP contribution in [-0.2, 0) is 11.2 Å². The van der Waals surface area contributed by atoms with E-state index in [0.717, 1.165) is 23.3 Å². The van der Waals surface area contributed by atoms with E-state index in [-0.39, 0.29) is 11.2 Å². The molecule has 0 aromatic heterocycles. The lowest BCUT2D eigenvalue weighted by Crippen LogP contribution is -2.33. The number of benzene rings is 1. The van der Waals surface area contributed by atoms with Crippen LogP contribution >= 0.6 is 0 Å². The van der Waals surface area contributed by atoms with Crippen molar-refractivity contribution in [3.05, 3.63) is 29.3 Å². The summed E-state index contributed by atoms with van der Waals surface area (Å²) in [5.74, 6) is 1.76. The summed E-state index contributed by atoms with van der Waals surface area (Å²) < 4.78 is 5.73. The molecule has 21 heavy (non-hydrogen) atoms. The van der Waals surface area contributed by atoms with Crippen LogP contribution < -0.4 is 4.74 Å². The first-order valence-corrected chi connectivity index (χ1v) is 7.82. The summed E-state index contributed by atoms with van der Waals surface area (Å²) in [5.41, 5.74) is 1.62. The smallest absolute Gasteiger partial charge is 0.169 e. The monoisotopic (exact) mass is 286 g/mol. The lowest BCUT2D eigenvalue weighted by atomic mass is 9.71. The number of ketones is 2. The molecule has 1 aromatic rings. The Kier molecular flexibility index (Phi) is 3.60. The third-order valence-electron chi connectivity index (χ3n) is 4.68. The molecule has 2 aliphatic rings. The van der Waals surface area contributed by atoms with Gasteiger partial charge in [0.15, 0.2) is 5.78 Å². The van der Waals surface area contributed by atoms with E-state index in [0.29, 0.717) is 44.0 Å². The molecule has 112 valence electrons. The highest BCUT2D eigenvalue weighted by Gasteiger charge is 2.47. The molecule has 0 aliphatic heterocycles. The Hall–Kier alpha value is -1.64. The molecule has 0 amide bonds. The average molecular weight is 286 g/mol. The number of carbonyl (C=O) groups is 2. The number of fused-ring (bicyclic) bond motifs is 1. The SMILES string of the molecule is CC(C)COc1ccc2c(c1)C(=O)C1(CCC(=O)CC1)C2. The predicted octanol–water partition coefficient (Wildman–Crippen LogP) is 3.59. The number of hydrogen-bond acceptors (Lipinski definition) is 3. The van der Waals surface area contributed by atoms with Crippen molar-refractivity contribution in [1.29, 1.82) is 0 Å². The van der Waals surface area contributed by atoms with Crippen LogP contribution in [0.25, 0.3) is 0 Å². The molecule has 0 radical (unpaired) electrons. The number of Topliss-reactive ketones (excluding diaryl/α,β-unsaturated/α-hetero) is 2. The highest BCUT2D eigenvalue weighted by Crippen LogP contribution is 2.47. The second-order valence-corrected chi connectivity index (χ2v) is 6.85. The van der Waals surface area contributed by atoms with E-state index >= 15 is 0 Å². The lowest BCUT2D eigenvalue weighted by Gasteiger charge is -2.30. The topological polar surface area (TPSA) is 43.4 Å². The van der Waals surface area contributed by atoms with E-state index in [1.54, 1.807) is 0 Å². The maximum atomic E-state index is 12.8. The molecule has 3 rings (SSSR count). The van der Waals surface area contributed by atoms with Gasteiger partial charge in [-0.25, -0.2) is 0 Å². The summed E-state index contributed by atoms with van der Waals surface area (Å²) in [6.45, 7) is 4.87. The van der Waals surface area contributed by atoms with Gasteiger partial charge in [-0.05, 0) is 42.9 Å². The Morgan fingerprint density at radius 2 is 1.90 bits per heavy atom. The summed E-state index contributed by atoms with van der Waals surface area (Å²) in [4.78, 5) is 24.3. The molecule has 0 N–H and O–H groups in total. The summed E-state index contributed by atoms with van der Waals surface area (Å²) in [7, 11) is 0. The highest BCUT2D eigenvalue weighted by atomic mass is 16.5. The summed E-state index contributed by atoms with van der Waals surface area (Å²) in [6, 6.07) is 5.88. The Labute approximate surface area is 125 Å². The van der Waals surface area contributed by atoms with Crippen molar-refractivity contribution in [3.8, 4) is 5.75 Å². The number of rotatable bonds is 3. The minimum atomic E-state index is -0.313. The van der Waals surface area contributed by atoms with Crippen molar-refractivity contribution in [3.63, 3.8) is 0 Å². The van der Waals surface area contributed by atoms with Crippen molar-refractivity contribution in [2.24, 2.45) is 11.3 Å². The minimum Gasteiger partial charge on any atom is -0.493 e. The van der Waals surface area contributed by atoms with Gasteiger partial charge in [-0.15, -0.1) is 0 Å². The quantitative estimate of drug-likeness (QED) is 0.853. The number of carbonyl (C=O) groups excluding carboxylic acids is 2. The van der Waals surface area contributed by atoms with E-state index in [4.69, 9.17) is 4.74 Å². The molecule has 0 atom stereocenters. The summed E-state index contributed by atoms with van der Waals surface area (Å²) in [6.07, 6.45) is 3.31. The van der Waals surface area contributed by atoms with Gasteiger partial charge < -0.3 is 4.74 Å². The zero-order chi connectivity index (χ0) is 15.0. The van der Waals surface area contributed by atoms with Crippen LogP contribution in [0.5, 0.6) is 5.75 Å². The van der Waals surface area contributed by atoms with Crippen molar-refractivity contribution in [2.45, 2.75) is 46.0 Å². The first kappa shape index (κ1) is 14.3. The largest absolute Gasteiger partial charge is 0.493 e. The number of ether oxygens (including phenoxy) is 1. The van der Waals surface area contributed by atoms with Gasteiger partial charge in [0.25, 0.3) is 0 Å². The maximum absolute atomic E-state index is 12.8. The third-order valence-corrected chi connectivity index (χ3v) is 4.68. The molecule has 1 aromatic carbocycles. The first-order valence-electron chi connectivity index (χ1n) is 7.82. The molecule has 1 fully saturated rings. The molecule has 2 aliphatic carbocycles. The second kappa shape index (κ2) is 5.28. The van der Waals surface area contributed by atoms with Crippen LogP contribution in [0.4, 0.5) is 0 Å².